The van der Waals surface area contributed by atoms with E-state index < -0.39 is 0 Å². The van der Waals surface area contributed by atoms with Crippen LogP contribution in [-0.4, -0.2) is 11.4 Å². The summed E-state index contributed by atoms with van der Waals surface area (Å²) < 4.78 is 0. The molecule has 0 saturated carbocycles. The van der Waals surface area contributed by atoms with Crippen LogP contribution in [-0.2, 0) is 0 Å². The Morgan fingerprint density at radius 1 is 0.688 bits per heavy atom. The molecule has 0 heterocycles. The van der Waals surface area contributed by atoms with E-state index in [0.717, 1.165) is 25.7 Å². The second-order valence-corrected chi connectivity index (χ2v) is 4.25. The van der Waals surface area contributed by atoms with Crippen molar-refractivity contribution < 1.29 is 0 Å². The number of hydrogen-bond acceptors (Lipinski definition) is 2. The minimum Gasteiger partial charge on any atom is -0.160 e. The van der Waals surface area contributed by atoms with Crippen LogP contribution in [0.5, 0.6) is 0 Å². The highest BCUT2D eigenvalue weighted by atomic mass is 15.2. The second-order valence-electron chi connectivity index (χ2n) is 4.25. The van der Waals surface area contributed by atoms with Crippen LogP contribution in [0, 0.1) is 0 Å². The van der Waals surface area contributed by atoms with E-state index in [0.29, 0.717) is 0 Å². The van der Waals surface area contributed by atoms with Crippen LogP contribution < -0.4 is 0 Å². The zero-order chi connectivity index (χ0) is 12.2. The zero-order valence-electron chi connectivity index (χ0n) is 11.6. The van der Waals surface area contributed by atoms with Crippen LogP contribution in [0.15, 0.2) is 10.2 Å². The lowest BCUT2D eigenvalue weighted by atomic mass is 10.1. The minimum atomic E-state index is 1.04. The largest absolute Gasteiger partial charge is 0.160 e. The van der Waals surface area contributed by atoms with E-state index in [1.165, 1.54) is 37.1 Å². The maximum Gasteiger partial charge on any atom is 0.0403 e. The van der Waals surface area contributed by atoms with Gasteiger partial charge < -0.3 is 0 Å². The molecule has 0 aromatic heterocycles. The van der Waals surface area contributed by atoms with Crippen molar-refractivity contribution in [3.05, 3.63) is 0 Å². The molecule has 16 heavy (non-hydrogen) atoms. The van der Waals surface area contributed by atoms with Gasteiger partial charge in [-0.2, -0.15) is 10.2 Å². The summed E-state index contributed by atoms with van der Waals surface area (Å²) in [6.07, 6.45) is 9.24. The Hall–Kier alpha value is -0.660. The van der Waals surface area contributed by atoms with Crippen molar-refractivity contribution in [2.45, 2.75) is 79.1 Å². The minimum absolute atomic E-state index is 1.04. The Bertz CT molecular complexity index is 193. The summed E-state index contributed by atoms with van der Waals surface area (Å²) in [6.45, 7) is 8.77. The van der Waals surface area contributed by atoms with Crippen molar-refractivity contribution in [1.29, 1.82) is 0 Å². The first-order chi connectivity index (χ1) is 7.78. The van der Waals surface area contributed by atoms with E-state index in [2.05, 4.69) is 37.9 Å². The quantitative estimate of drug-likeness (QED) is 0.389. The van der Waals surface area contributed by atoms with Gasteiger partial charge in [0.25, 0.3) is 0 Å². The van der Waals surface area contributed by atoms with Gasteiger partial charge in [-0.15, -0.1) is 0 Å². The van der Waals surface area contributed by atoms with Gasteiger partial charge in [0.2, 0.25) is 0 Å². The van der Waals surface area contributed by atoms with Crippen LogP contribution in [0.2, 0.25) is 0 Å². The Labute approximate surface area is 101 Å². The van der Waals surface area contributed by atoms with E-state index in [1.54, 1.807) is 0 Å². The predicted octanol–water partition coefficient (Wildman–Crippen LogP) is 4.98. The first-order valence-electron chi connectivity index (χ1n) is 6.89. The van der Waals surface area contributed by atoms with Gasteiger partial charge in [0.05, 0.1) is 0 Å². The van der Waals surface area contributed by atoms with Gasteiger partial charge in [-0.25, -0.2) is 0 Å². The third-order valence-electron chi connectivity index (χ3n) is 2.79. The average Bonchev–Trinajstić information content (AvgIpc) is 2.33. The molecule has 0 radical (unpaired) electrons. The number of unbranched alkanes of at least 4 members (excludes halogenated alkanes) is 2. The van der Waals surface area contributed by atoms with Crippen molar-refractivity contribution in [2.24, 2.45) is 10.2 Å². The summed E-state index contributed by atoms with van der Waals surface area (Å²) in [7, 11) is 0. The molecule has 0 N–H and O–H groups in total. The van der Waals surface area contributed by atoms with Gasteiger partial charge >= 0.3 is 0 Å². The Kier molecular flexibility index (Phi) is 10.4. The monoisotopic (exact) mass is 224 g/mol. The standard InChI is InChI=1S/C14H28N2/c1-5-9-11-13(7-3)15-16-14(8-4)12-10-6-2/h5-12H2,1-4H3/b15-13-,16-14+. The van der Waals surface area contributed by atoms with Crippen LogP contribution in [0.4, 0.5) is 0 Å². The smallest absolute Gasteiger partial charge is 0.0403 e. The van der Waals surface area contributed by atoms with Crippen molar-refractivity contribution in [3.63, 3.8) is 0 Å². The van der Waals surface area contributed by atoms with Crippen LogP contribution in [0.3, 0.4) is 0 Å². The molecule has 2 heteroatoms. The molecule has 0 saturated heterocycles. The lowest BCUT2D eigenvalue weighted by molar-refractivity contribution is 0.814. The van der Waals surface area contributed by atoms with E-state index in [-0.39, 0.29) is 0 Å². The number of rotatable bonds is 9. The highest BCUT2D eigenvalue weighted by Gasteiger charge is 1.97. The van der Waals surface area contributed by atoms with Crippen molar-refractivity contribution in [1.82, 2.24) is 0 Å². The van der Waals surface area contributed by atoms with Crippen molar-refractivity contribution in [3.8, 4) is 0 Å². The Morgan fingerprint density at radius 2 is 1.06 bits per heavy atom. The summed E-state index contributed by atoms with van der Waals surface area (Å²) in [5.74, 6) is 0. The maximum absolute atomic E-state index is 4.41. The lowest BCUT2D eigenvalue weighted by Crippen LogP contribution is -1.98. The average molecular weight is 224 g/mol. The number of hydrogen-bond donors (Lipinski definition) is 0. The summed E-state index contributed by atoms with van der Waals surface area (Å²) in [5, 5.41) is 8.82. The van der Waals surface area contributed by atoms with E-state index in [9.17, 15) is 0 Å². The normalized spacial score (nSPS) is 13.2. The van der Waals surface area contributed by atoms with E-state index in [4.69, 9.17) is 0 Å². The fourth-order valence-electron chi connectivity index (χ4n) is 1.50. The Morgan fingerprint density at radius 3 is 1.31 bits per heavy atom. The molecular formula is C14H28N2. The highest BCUT2D eigenvalue weighted by Crippen LogP contribution is 2.04. The molecule has 0 aromatic rings. The fraction of sp³-hybridized carbons (Fsp3) is 0.857. The summed E-state index contributed by atoms with van der Waals surface area (Å²) >= 11 is 0. The molecule has 0 fully saturated rings. The summed E-state index contributed by atoms with van der Waals surface area (Å²) in [6, 6.07) is 0. The highest BCUT2D eigenvalue weighted by molar-refractivity contribution is 5.87. The molecule has 94 valence electrons. The van der Waals surface area contributed by atoms with E-state index >= 15 is 0 Å². The zero-order valence-corrected chi connectivity index (χ0v) is 11.6. The van der Waals surface area contributed by atoms with Crippen LogP contribution >= 0.6 is 0 Å². The molecule has 0 bridgehead atoms. The van der Waals surface area contributed by atoms with E-state index in [1.807, 2.05) is 0 Å². The topological polar surface area (TPSA) is 24.7 Å². The fourth-order valence-corrected chi connectivity index (χ4v) is 1.50. The second kappa shape index (κ2) is 10.8. The third kappa shape index (κ3) is 7.61. The van der Waals surface area contributed by atoms with Gasteiger partial charge in [-0.05, 0) is 38.5 Å². The molecule has 0 spiro atoms. The summed E-state index contributed by atoms with van der Waals surface area (Å²) in [5.41, 5.74) is 2.51. The molecule has 0 rings (SSSR count). The number of nitrogens with zero attached hydrogens (tertiary/aromatic N) is 2. The molecule has 0 aliphatic rings. The van der Waals surface area contributed by atoms with Gasteiger partial charge in [-0.1, -0.05) is 40.5 Å². The first-order valence-corrected chi connectivity index (χ1v) is 6.89. The van der Waals surface area contributed by atoms with Crippen LogP contribution in [0.1, 0.15) is 79.1 Å². The molecular weight excluding hydrogens is 196 g/mol. The Balaban J connectivity index is 4.25. The molecule has 0 aliphatic heterocycles. The van der Waals surface area contributed by atoms with Gasteiger partial charge in [0, 0.05) is 11.4 Å². The van der Waals surface area contributed by atoms with Gasteiger partial charge in [0.1, 0.15) is 0 Å². The molecule has 0 atom stereocenters. The third-order valence-corrected chi connectivity index (χ3v) is 2.79. The molecule has 0 unspecified atom stereocenters. The summed E-state index contributed by atoms with van der Waals surface area (Å²) in [4.78, 5) is 0. The maximum atomic E-state index is 4.41. The molecule has 0 aromatic carbocycles. The first kappa shape index (κ1) is 15.3. The molecule has 0 amide bonds. The predicted molar refractivity (Wildman–Crippen MR) is 74.5 cm³/mol. The SMILES string of the molecule is CCCC/C(CC)=N\N=C(/CC)CCCC. The lowest BCUT2D eigenvalue weighted by Gasteiger charge is -2.02. The molecule has 0 aliphatic carbocycles. The van der Waals surface area contributed by atoms with Crippen molar-refractivity contribution in [2.75, 3.05) is 0 Å². The van der Waals surface area contributed by atoms with Crippen LogP contribution in [0.25, 0.3) is 0 Å². The van der Waals surface area contributed by atoms with Gasteiger partial charge in [0.15, 0.2) is 0 Å². The van der Waals surface area contributed by atoms with Crippen molar-refractivity contribution >= 4 is 11.4 Å². The van der Waals surface area contributed by atoms with Gasteiger partial charge in [-0.3, -0.25) is 0 Å². The molecule has 2 nitrogen and oxygen atoms in total.